The third-order valence-corrected chi connectivity index (χ3v) is 16.8. The van der Waals surface area contributed by atoms with Gasteiger partial charge in [-0.3, -0.25) is 0 Å². The Bertz CT molecular complexity index is 3420. The van der Waals surface area contributed by atoms with Crippen LogP contribution in [-0.2, 0) is 18.6 Å². The van der Waals surface area contributed by atoms with Gasteiger partial charge in [-0.15, -0.1) is 0 Å². The number of hydrogen-bond donors (Lipinski definition) is 0. The van der Waals surface area contributed by atoms with Crippen LogP contribution in [0.25, 0.3) is 66.8 Å². The molecular weight excluding hydrogens is 972 g/mol. The molecule has 9 rings (SSSR count). The molecule has 0 saturated carbocycles. The standard InChI is InChI=1S/C69H69O7P/c1-40-22-16-28-55(49(40)10)64-46(7)34-37-61(67(64)58-31-19-25-43(4)52(58)13)71-74-77(70,75-72-62-38-35-47(8)65(56-29-17-23-41(2)50(56)11)68(62)59-32-20-26-44(5)53(59)14)76-73-63-39-36-48(9)66(57-30-18-24-42(3)51(57)12)69(63)60-33-21-27-45(6)54(60)15/h16-39H,1-15H3. The summed E-state index contributed by atoms with van der Waals surface area (Å²) in [6.07, 6.45) is 0. The number of hydrogen-bond acceptors (Lipinski definition) is 7. The van der Waals surface area contributed by atoms with Gasteiger partial charge in [-0.05, 0) is 256 Å². The summed E-state index contributed by atoms with van der Waals surface area (Å²) in [7, 11) is -5.13. The Morgan fingerprint density at radius 3 is 0.636 bits per heavy atom. The van der Waals surface area contributed by atoms with Crippen molar-refractivity contribution in [1.29, 1.82) is 0 Å². The molecule has 0 fully saturated rings. The normalized spacial score (nSPS) is 11.5. The van der Waals surface area contributed by atoms with Gasteiger partial charge in [0.1, 0.15) is 0 Å². The van der Waals surface area contributed by atoms with E-state index in [0.717, 1.165) is 150 Å². The molecule has 0 bridgehead atoms. The van der Waals surface area contributed by atoms with Crippen LogP contribution in [0.15, 0.2) is 146 Å². The highest BCUT2D eigenvalue weighted by atomic mass is 31.2. The van der Waals surface area contributed by atoms with Crippen molar-refractivity contribution in [1.82, 2.24) is 0 Å². The van der Waals surface area contributed by atoms with Crippen molar-refractivity contribution in [3.05, 3.63) is 229 Å². The van der Waals surface area contributed by atoms with Gasteiger partial charge >= 0.3 is 7.82 Å². The zero-order chi connectivity index (χ0) is 55.0. The Kier molecular flexibility index (Phi) is 15.7. The number of aryl methyl sites for hydroxylation is 9. The fraction of sp³-hybridized carbons (Fsp3) is 0.217. The Labute approximate surface area is 455 Å². The van der Waals surface area contributed by atoms with Gasteiger partial charge in [0.25, 0.3) is 0 Å². The summed E-state index contributed by atoms with van der Waals surface area (Å²) in [4.78, 5) is 19.3. The lowest BCUT2D eigenvalue weighted by Crippen LogP contribution is -2.10. The molecule has 9 aromatic rings. The van der Waals surface area contributed by atoms with Crippen LogP contribution >= 0.6 is 7.82 Å². The van der Waals surface area contributed by atoms with Gasteiger partial charge in [-0.2, -0.15) is 0 Å². The van der Waals surface area contributed by atoms with Crippen LogP contribution < -0.4 is 14.7 Å². The van der Waals surface area contributed by atoms with E-state index >= 15 is 4.57 Å². The summed E-state index contributed by atoms with van der Waals surface area (Å²) in [5, 5.41) is 0. The SMILES string of the molecule is Cc1cccc(-c2c(C)ccc(OOP(=O)(OOc3ccc(C)c(-c4cccc(C)c4C)c3-c3cccc(C)c3C)OOc3ccc(C)c(-c4cccc(C)c4C)c3-c3cccc(C)c3C)c2-c2cccc(C)c2C)c1C. The van der Waals surface area contributed by atoms with E-state index in [0.29, 0.717) is 0 Å². The van der Waals surface area contributed by atoms with Crippen molar-refractivity contribution in [3.8, 4) is 84.0 Å². The first-order chi connectivity index (χ1) is 36.8. The molecular formula is C69H69O7P. The Morgan fingerprint density at radius 1 is 0.234 bits per heavy atom. The predicted molar refractivity (Wildman–Crippen MR) is 316 cm³/mol. The zero-order valence-corrected chi connectivity index (χ0v) is 48.1. The van der Waals surface area contributed by atoms with Crippen molar-refractivity contribution in [2.24, 2.45) is 0 Å². The molecule has 0 aliphatic rings. The quantitative estimate of drug-likeness (QED) is 0.0575. The highest BCUT2D eigenvalue weighted by Crippen LogP contribution is 2.55. The van der Waals surface area contributed by atoms with Crippen molar-refractivity contribution < 1.29 is 33.3 Å². The molecule has 0 heterocycles. The molecule has 0 N–H and O–H groups in total. The van der Waals surface area contributed by atoms with Crippen LogP contribution in [0.2, 0.25) is 0 Å². The van der Waals surface area contributed by atoms with Crippen molar-refractivity contribution in [3.63, 3.8) is 0 Å². The van der Waals surface area contributed by atoms with E-state index in [9.17, 15) is 0 Å². The molecule has 77 heavy (non-hydrogen) atoms. The Balaban J connectivity index is 1.22. The van der Waals surface area contributed by atoms with Crippen molar-refractivity contribution >= 4 is 7.82 Å². The van der Waals surface area contributed by atoms with Gasteiger partial charge in [-0.1, -0.05) is 141 Å². The van der Waals surface area contributed by atoms with E-state index in [1.807, 2.05) is 54.6 Å². The van der Waals surface area contributed by atoms with Gasteiger partial charge in [0.15, 0.2) is 17.2 Å². The maximum Gasteiger partial charge on any atom is 0.583 e. The van der Waals surface area contributed by atoms with E-state index in [1.165, 1.54) is 0 Å². The molecule has 0 aliphatic carbocycles. The molecule has 0 radical (unpaired) electrons. The molecule has 392 valence electrons. The molecule has 0 unspecified atom stereocenters. The predicted octanol–water partition coefficient (Wildman–Crippen LogP) is 19.8. The summed E-state index contributed by atoms with van der Waals surface area (Å²) in [5.41, 5.74) is 27.2. The molecule has 0 spiro atoms. The van der Waals surface area contributed by atoms with Crippen LogP contribution in [0.5, 0.6) is 17.2 Å². The van der Waals surface area contributed by atoms with E-state index < -0.39 is 7.82 Å². The third-order valence-electron chi connectivity index (χ3n) is 16.0. The average molecular weight is 1040 g/mol. The minimum atomic E-state index is -5.13. The van der Waals surface area contributed by atoms with Crippen LogP contribution in [-0.4, -0.2) is 0 Å². The molecule has 8 heteroatoms. The van der Waals surface area contributed by atoms with Crippen molar-refractivity contribution in [2.75, 3.05) is 0 Å². The minimum Gasteiger partial charge on any atom is -0.326 e. The molecule has 0 aromatic heterocycles. The van der Waals surface area contributed by atoms with Crippen LogP contribution in [0.1, 0.15) is 83.5 Å². The second kappa shape index (κ2) is 22.2. The first kappa shape index (κ1) is 54.3. The zero-order valence-electron chi connectivity index (χ0n) is 47.2. The van der Waals surface area contributed by atoms with Gasteiger partial charge in [-0.25, -0.2) is 4.57 Å². The lowest BCUT2D eigenvalue weighted by Gasteiger charge is -2.24. The Hall–Kier alpha value is -7.51. The summed E-state index contributed by atoms with van der Waals surface area (Å²) in [5.74, 6) is 0.833. The molecule has 0 amide bonds. The van der Waals surface area contributed by atoms with Crippen LogP contribution in [0.4, 0.5) is 0 Å². The monoisotopic (exact) mass is 1040 g/mol. The van der Waals surface area contributed by atoms with Gasteiger partial charge < -0.3 is 14.7 Å². The molecule has 0 saturated heterocycles. The highest BCUT2D eigenvalue weighted by Gasteiger charge is 2.38. The minimum absolute atomic E-state index is 0.278. The third kappa shape index (κ3) is 10.5. The summed E-state index contributed by atoms with van der Waals surface area (Å²) >= 11 is 0. The second-order valence-electron chi connectivity index (χ2n) is 20.8. The maximum absolute atomic E-state index is 16.0. The molecule has 0 aliphatic heterocycles. The van der Waals surface area contributed by atoms with Gasteiger partial charge in [0.2, 0.25) is 0 Å². The second-order valence-corrected chi connectivity index (χ2v) is 22.1. The van der Waals surface area contributed by atoms with Gasteiger partial charge in [0.05, 0.1) is 0 Å². The lowest BCUT2D eigenvalue weighted by atomic mass is 9.85. The van der Waals surface area contributed by atoms with Gasteiger partial charge in [0, 0.05) is 16.7 Å². The topological polar surface area (TPSA) is 72.5 Å². The number of benzene rings is 9. The summed E-state index contributed by atoms with van der Waals surface area (Å²) < 4.78 is 34.4. The fourth-order valence-corrected chi connectivity index (χ4v) is 11.1. The lowest BCUT2D eigenvalue weighted by molar-refractivity contribution is -0.237. The van der Waals surface area contributed by atoms with Crippen LogP contribution in [0, 0.1) is 104 Å². The van der Waals surface area contributed by atoms with E-state index in [-0.39, 0.29) is 17.2 Å². The molecule has 9 aromatic carbocycles. The summed E-state index contributed by atoms with van der Waals surface area (Å²) in [6, 6.07) is 48.7. The average Bonchev–Trinajstić information content (AvgIpc) is 3.42. The van der Waals surface area contributed by atoms with E-state index in [2.05, 4.69) is 195 Å². The number of phosphoric acid groups is 1. The fourth-order valence-electron chi connectivity index (χ4n) is 10.5. The first-order valence-corrected chi connectivity index (χ1v) is 27.7. The van der Waals surface area contributed by atoms with E-state index in [4.69, 9.17) is 28.7 Å². The molecule has 0 atom stereocenters. The van der Waals surface area contributed by atoms with Crippen molar-refractivity contribution in [2.45, 2.75) is 104 Å². The smallest absolute Gasteiger partial charge is 0.326 e. The number of rotatable bonds is 15. The first-order valence-electron chi connectivity index (χ1n) is 26.3. The maximum atomic E-state index is 16.0. The Morgan fingerprint density at radius 2 is 0.429 bits per heavy atom. The molecule has 7 nitrogen and oxygen atoms in total. The summed E-state index contributed by atoms with van der Waals surface area (Å²) in [6.45, 7) is 31.5. The van der Waals surface area contributed by atoms with Crippen LogP contribution in [0.3, 0.4) is 0 Å². The van der Waals surface area contributed by atoms with E-state index in [1.54, 1.807) is 0 Å². The largest absolute Gasteiger partial charge is 0.583 e. The highest BCUT2D eigenvalue weighted by molar-refractivity contribution is 7.48.